The Bertz CT molecular complexity index is 757. The van der Waals surface area contributed by atoms with Gasteiger partial charge in [0, 0.05) is 15.4 Å². The Morgan fingerprint density at radius 1 is 1.24 bits per heavy atom. The van der Waals surface area contributed by atoms with Crippen molar-refractivity contribution in [1.82, 2.24) is 4.98 Å². The predicted molar refractivity (Wildman–Crippen MR) is 96.0 cm³/mol. The molecular weight excluding hydrogens is 344 g/mol. The minimum atomic E-state index is 0.763. The zero-order chi connectivity index (χ0) is 14.8. The molecule has 0 unspecified atom stereocenters. The van der Waals surface area contributed by atoms with E-state index in [1.165, 1.54) is 32.6 Å². The van der Waals surface area contributed by atoms with Gasteiger partial charge in [0.15, 0.2) is 0 Å². The number of unbranched alkanes of at least 4 members (excludes halogenated alkanes) is 1. The topological polar surface area (TPSA) is 41.8 Å². The zero-order valence-electron chi connectivity index (χ0n) is 12.1. The maximum Gasteiger partial charge on any atom is 0.0650 e. The van der Waals surface area contributed by atoms with Crippen molar-refractivity contribution in [2.75, 3.05) is 6.54 Å². The minimum Gasteiger partial charge on any atom is -0.353 e. The highest BCUT2D eigenvalue weighted by Gasteiger charge is 2.16. The van der Waals surface area contributed by atoms with E-state index < -0.39 is 0 Å². The number of para-hydroxylation sites is 1. The number of thiophene rings is 1. The third-order valence-corrected chi connectivity index (χ3v) is 5.73. The Kier molecular flexibility index (Phi) is 4.48. The van der Waals surface area contributed by atoms with Crippen LogP contribution in [0.3, 0.4) is 0 Å². The lowest BCUT2D eigenvalue weighted by molar-refractivity contribution is 0.748. The molecule has 2 aromatic heterocycles. The number of aromatic amines is 1. The molecule has 110 valence electrons. The van der Waals surface area contributed by atoms with Gasteiger partial charge in [-0.2, -0.15) is 0 Å². The standard InChI is InChI=1S/C17H19BrN2S/c1-11-5-4-7-12-13(6-2-3-9-19)16(20-15(11)12)17-14(18)8-10-21-17/h4-5,7-8,10,20H,2-3,6,9,19H2,1H3. The van der Waals surface area contributed by atoms with Crippen LogP contribution in [0.5, 0.6) is 0 Å². The first-order valence-electron chi connectivity index (χ1n) is 7.26. The van der Waals surface area contributed by atoms with Gasteiger partial charge in [0.25, 0.3) is 0 Å². The van der Waals surface area contributed by atoms with Crippen LogP contribution < -0.4 is 5.73 Å². The van der Waals surface area contributed by atoms with Crippen molar-refractivity contribution < 1.29 is 0 Å². The molecule has 0 saturated heterocycles. The normalized spacial score (nSPS) is 11.4. The average molecular weight is 363 g/mol. The minimum absolute atomic E-state index is 0.763. The summed E-state index contributed by atoms with van der Waals surface area (Å²) in [5, 5.41) is 3.48. The van der Waals surface area contributed by atoms with Crippen molar-refractivity contribution in [3.05, 3.63) is 45.2 Å². The Morgan fingerprint density at radius 3 is 2.81 bits per heavy atom. The number of aromatic nitrogens is 1. The summed E-state index contributed by atoms with van der Waals surface area (Å²) in [6.07, 6.45) is 3.28. The van der Waals surface area contributed by atoms with Gasteiger partial charge in [0.1, 0.15) is 0 Å². The van der Waals surface area contributed by atoms with E-state index in [0.717, 1.165) is 30.3 Å². The third kappa shape index (κ3) is 2.80. The van der Waals surface area contributed by atoms with Crippen molar-refractivity contribution in [2.24, 2.45) is 5.73 Å². The second kappa shape index (κ2) is 6.34. The lowest BCUT2D eigenvalue weighted by atomic mass is 10.0. The van der Waals surface area contributed by atoms with E-state index in [2.05, 4.69) is 57.5 Å². The Labute approximate surface area is 137 Å². The van der Waals surface area contributed by atoms with Crippen LogP contribution in [0.4, 0.5) is 0 Å². The van der Waals surface area contributed by atoms with Crippen LogP contribution in [0, 0.1) is 6.92 Å². The fourth-order valence-electron chi connectivity index (χ4n) is 2.79. The molecule has 1 aromatic carbocycles. The number of nitrogens with two attached hydrogens (primary N) is 1. The zero-order valence-corrected chi connectivity index (χ0v) is 14.5. The molecule has 0 spiro atoms. The molecule has 0 fully saturated rings. The van der Waals surface area contributed by atoms with Crippen LogP contribution in [-0.4, -0.2) is 11.5 Å². The van der Waals surface area contributed by atoms with Gasteiger partial charge in [-0.3, -0.25) is 0 Å². The number of hydrogen-bond donors (Lipinski definition) is 2. The number of aryl methyl sites for hydroxylation is 2. The van der Waals surface area contributed by atoms with E-state index in [1.807, 2.05) is 0 Å². The van der Waals surface area contributed by atoms with Gasteiger partial charge in [-0.15, -0.1) is 11.3 Å². The monoisotopic (exact) mass is 362 g/mol. The largest absolute Gasteiger partial charge is 0.353 e. The SMILES string of the molecule is Cc1cccc2c(CCCCN)c(-c3sccc3Br)[nH]c12. The van der Waals surface area contributed by atoms with E-state index in [0.29, 0.717) is 0 Å². The van der Waals surface area contributed by atoms with Crippen LogP contribution in [0.1, 0.15) is 24.0 Å². The number of fused-ring (bicyclic) bond motifs is 1. The van der Waals surface area contributed by atoms with Crippen molar-refractivity contribution >= 4 is 38.2 Å². The lowest BCUT2D eigenvalue weighted by Crippen LogP contribution is -1.99. The molecule has 0 radical (unpaired) electrons. The molecule has 3 rings (SSSR count). The van der Waals surface area contributed by atoms with Gasteiger partial charge in [0.05, 0.1) is 10.6 Å². The summed E-state index contributed by atoms with van der Waals surface area (Å²) < 4.78 is 1.16. The van der Waals surface area contributed by atoms with Gasteiger partial charge in [0.2, 0.25) is 0 Å². The second-order valence-corrected chi connectivity index (χ2v) is 7.09. The maximum absolute atomic E-state index is 5.65. The Balaban J connectivity index is 2.15. The van der Waals surface area contributed by atoms with E-state index in [4.69, 9.17) is 5.73 Å². The molecule has 2 nitrogen and oxygen atoms in total. The van der Waals surface area contributed by atoms with Crippen LogP contribution in [-0.2, 0) is 6.42 Å². The Hall–Kier alpha value is -1.10. The predicted octanol–water partition coefficient (Wildman–Crippen LogP) is 5.25. The number of halogens is 1. The molecule has 3 N–H and O–H groups in total. The molecule has 0 aliphatic heterocycles. The highest BCUT2D eigenvalue weighted by atomic mass is 79.9. The van der Waals surface area contributed by atoms with E-state index >= 15 is 0 Å². The quantitative estimate of drug-likeness (QED) is 0.598. The molecular formula is C17H19BrN2S. The summed E-state index contributed by atoms with van der Waals surface area (Å²) in [6, 6.07) is 8.64. The highest BCUT2D eigenvalue weighted by molar-refractivity contribution is 9.10. The van der Waals surface area contributed by atoms with Crippen LogP contribution in [0.15, 0.2) is 34.1 Å². The summed E-state index contributed by atoms with van der Waals surface area (Å²) in [6.45, 7) is 2.93. The average Bonchev–Trinajstić information content (AvgIpc) is 3.04. The van der Waals surface area contributed by atoms with Crippen molar-refractivity contribution in [3.8, 4) is 10.6 Å². The van der Waals surface area contributed by atoms with E-state index in [-0.39, 0.29) is 0 Å². The van der Waals surface area contributed by atoms with Gasteiger partial charge in [-0.25, -0.2) is 0 Å². The molecule has 0 atom stereocenters. The van der Waals surface area contributed by atoms with Gasteiger partial charge < -0.3 is 10.7 Å². The number of nitrogens with one attached hydrogen (secondary N) is 1. The molecule has 0 aliphatic carbocycles. The number of benzene rings is 1. The summed E-state index contributed by atoms with van der Waals surface area (Å²) in [4.78, 5) is 4.94. The fraction of sp³-hybridized carbons (Fsp3) is 0.294. The number of hydrogen-bond acceptors (Lipinski definition) is 2. The summed E-state index contributed by atoms with van der Waals surface area (Å²) in [7, 11) is 0. The number of rotatable bonds is 5. The van der Waals surface area contributed by atoms with Crippen LogP contribution >= 0.6 is 27.3 Å². The molecule has 0 amide bonds. The van der Waals surface area contributed by atoms with Gasteiger partial charge in [-0.05, 0) is 71.2 Å². The van der Waals surface area contributed by atoms with Crippen molar-refractivity contribution in [3.63, 3.8) is 0 Å². The maximum atomic E-state index is 5.65. The van der Waals surface area contributed by atoms with Crippen LogP contribution in [0.2, 0.25) is 0 Å². The van der Waals surface area contributed by atoms with Crippen LogP contribution in [0.25, 0.3) is 21.5 Å². The summed E-state index contributed by atoms with van der Waals surface area (Å²) in [5.74, 6) is 0. The fourth-order valence-corrected chi connectivity index (χ4v) is 4.39. The molecule has 3 aromatic rings. The second-order valence-electron chi connectivity index (χ2n) is 5.32. The molecule has 0 bridgehead atoms. The molecule has 2 heterocycles. The van der Waals surface area contributed by atoms with E-state index in [9.17, 15) is 0 Å². The Morgan fingerprint density at radius 2 is 2.10 bits per heavy atom. The first-order valence-corrected chi connectivity index (χ1v) is 8.93. The summed E-state index contributed by atoms with van der Waals surface area (Å²) >= 11 is 5.44. The third-order valence-electron chi connectivity index (χ3n) is 3.87. The van der Waals surface area contributed by atoms with Gasteiger partial charge >= 0.3 is 0 Å². The molecule has 0 aliphatic rings. The molecule has 21 heavy (non-hydrogen) atoms. The highest BCUT2D eigenvalue weighted by Crippen LogP contribution is 2.39. The van der Waals surface area contributed by atoms with Crippen molar-refractivity contribution in [2.45, 2.75) is 26.2 Å². The van der Waals surface area contributed by atoms with Crippen molar-refractivity contribution in [1.29, 1.82) is 0 Å². The first-order chi connectivity index (χ1) is 10.2. The van der Waals surface area contributed by atoms with E-state index in [1.54, 1.807) is 11.3 Å². The molecule has 0 saturated carbocycles. The summed E-state index contributed by atoms with van der Waals surface area (Å²) in [5.41, 5.74) is 10.9. The number of H-pyrrole nitrogens is 1. The first kappa shape index (κ1) is 14.8. The smallest absolute Gasteiger partial charge is 0.0650 e. The van der Waals surface area contributed by atoms with Gasteiger partial charge in [-0.1, -0.05) is 18.2 Å². The lowest BCUT2D eigenvalue weighted by Gasteiger charge is -2.04. The molecule has 4 heteroatoms.